The zero-order valence-corrected chi connectivity index (χ0v) is 16.1. The van der Waals surface area contributed by atoms with Crippen LogP contribution in [0.4, 0.5) is 0 Å². The summed E-state index contributed by atoms with van der Waals surface area (Å²) >= 11 is 0. The summed E-state index contributed by atoms with van der Waals surface area (Å²) in [6.07, 6.45) is 8.47. The van der Waals surface area contributed by atoms with E-state index in [-0.39, 0.29) is 24.3 Å². The van der Waals surface area contributed by atoms with Crippen molar-refractivity contribution in [3.05, 3.63) is 54.2 Å². The zero-order valence-electron chi connectivity index (χ0n) is 16.1. The van der Waals surface area contributed by atoms with Crippen LogP contribution in [0.25, 0.3) is 0 Å². The fourth-order valence-electron chi connectivity index (χ4n) is 4.06. The molecule has 2 aromatic heterocycles. The van der Waals surface area contributed by atoms with Gasteiger partial charge in [0.25, 0.3) is 0 Å². The molecule has 4 rings (SSSR count). The van der Waals surface area contributed by atoms with Crippen molar-refractivity contribution in [2.24, 2.45) is 5.92 Å². The van der Waals surface area contributed by atoms with E-state index in [0.29, 0.717) is 18.2 Å². The molecule has 2 amide bonds. The Labute approximate surface area is 165 Å². The lowest BCUT2D eigenvalue weighted by atomic mass is 9.84. The SMILES string of the molecule is O=C(C1CCC1)N1CCC(N(Cc2ccccn2)C(=O)Cc2ccco2)CC1. The smallest absolute Gasteiger partial charge is 0.230 e. The molecule has 2 aromatic rings. The van der Waals surface area contributed by atoms with Crippen molar-refractivity contribution in [3.63, 3.8) is 0 Å². The Bertz CT molecular complexity index is 779. The van der Waals surface area contributed by atoms with Gasteiger partial charge in [-0.2, -0.15) is 0 Å². The number of piperidine rings is 1. The Balaban J connectivity index is 1.42. The maximum Gasteiger partial charge on any atom is 0.230 e. The highest BCUT2D eigenvalue weighted by atomic mass is 16.3. The number of likely N-dealkylation sites (tertiary alicyclic amines) is 1. The number of carbonyl (C=O) groups is 2. The largest absolute Gasteiger partial charge is 0.469 e. The van der Waals surface area contributed by atoms with Crippen LogP contribution in [0, 0.1) is 5.92 Å². The zero-order chi connectivity index (χ0) is 19.3. The second kappa shape index (κ2) is 8.59. The molecule has 1 aliphatic heterocycles. The molecule has 2 aliphatic rings. The van der Waals surface area contributed by atoms with Crippen LogP contribution in [0.3, 0.4) is 0 Å². The molecule has 0 spiro atoms. The van der Waals surface area contributed by atoms with Crippen LogP contribution in [0.5, 0.6) is 0 Å². The minimum absolute atomic E-state index is 0.0457. The molecule has 0 aromatic carbocycles. The van der Waals surface area contributed by atoms with E-state index in [4.69, 9.17) is 4.42 Å². The lowest BCUT2D eigenvalue weighted by molar-refractivity contribution is -0.141. The minimum Gasteiger partial charge on any atom is -0.469 e. The van der Waals surface area contributed by atoms with Gasteiger partial charge >= 0.3 is 0 Å². The predicted molar refractivity (Wildman–Crippen MR) is 104 cm³/mol. The second-order valence-electron chi connectivity index (χ2n) is 7.78. The molecular weight excluding hydrogens is 354 g/mol. The molecule has 2 fully saturated rings. The Morgan fingerprint density at radius 3 is 2.54 bits per heavy atom. The van der Waals surface area contributed by atoms with Crippen LogP contribution in [0.2, 0.25) is 0 Å². The van der Waals surface area contributed by atoms with E-state index >= 15 is 0 Å². The number of carbonyl (C=O) groups excluding carboxylic acids is 2. The van der Waals surface area contributed by atoms with Gasteiger partial charge < -0.3 is 14.2 Å². The number of pyridine rings is 1. The van der Waals surface area contributed by atoms with E-state index in [0.717, 1.165) is 44.5 Å². The number of rotatable bonds is 6. The molecule has 3 heterocycles. The first kappa shape index (κ1) is 18.7. The third-order valence-electron chi connectivity index (χ3n) is 5.96. The summed E-state index contributed by atoms with van der Waals surface area (Å²) in [5, 5.41) is 0. The van der Waals surface area contributed by atoms with Gasteiger partial charge in [-0.25, -0.2) is 0 Å². The molecule has 6 heteroatoms. The summed E-state index contributed by atoms with van der Waals surface area (Å²) in [4.78, 5) is 33.9. The van der Waals surface area contributed by atoms with Crippen LogP contribution in [0.15, 0.2) is 47.2 Å². The van der Waals surface area contributed by atoms with E-state index in [1.165, 1.54) is 6.42 Å². The molecule has 0 bridgehead atoms. The van der Waals surface area contributed by atoms with Gasteiger partial charge in [-0.1, -0.05) is 12.5 Å². The molecule has 1 aliphatic carbocycles. The van der Waals surface area contributed by atoms with Gasteiger partial charge in [0, 0.05) is 31.2 Å². The maximum atomic E-state index is 13.1. The van der Waals surface area contributed by atoms with Crippen LogP contribution in [-0.2, 0) is 22.6 Å². The maximum absolute atomic E-state index is 13.1. The summed E-state index contributed by atoms with van der Waals surface area (Å²) in [5.74, 6) is 1.27. The number of hydrogen-bond acceptors (Lipinski definition) is 4. The van der Waals surface area contributed by atoms with E-state index < -0.39 is 0 Å². The number of hydrogen-bond donors (Lipinski definition) is 0. The molecule has 0 atom stereocenters. The van der Waals surface area contributed by atoms with E-state index in [1.54, 1.807) is 18.5 Å². The van der Waals surface area contributed by atoms with Crippen molar-refractivity contribution in [3.8, 4) is 0 Å². The third-order valence-corrected chi connectivity index (χ3v) is 5.96. The average Bonchev–Trinajstić information content (AvgIpc) is 3.18. The van der Waals surface area contributed by atoms with Crippen LogP contribution >= 0.6 is 0 Å². The Morgan fingerprint density at radius 2 is 1.93 bits per heavy atom. The lowest BCUT2D eigenvalue weighted by Gasteiger charge is -2.40. The quantitative estimate of drug-likeness (QED) is 0.771. The summed E-state index contributed by atoms with van der Waals surface area (Å²) in [5.41, 5.74) is 0.878. The second-order valence-corrected chi connectivity index (χ2v) is 7.78. The fraction of sp³-hybridized carbons (Fsp3) is 0.500. The normalized spacial score (nSPS) is 17.9. The van der Waals surface area contributed by atoms with Crippen molar-refractivity contribution >= 4 is 11.8 Å². The van der Waals surface area contributed by atoms with Gasteiger partial charge in [0.15, 0.2) is 0 Å². The van der Waals surface area contributed by atoms with Crippen molar-refractivity contribution in [2.75, 3.05) is 13.1 Å². The summed E-state index contributed by atoms with van der Waals surface area (Å²) < 4.78 is 5.37. The number of aromatic nitrogens is 1. The number of furan rings is 1. The molecule has 6 nitrogen and oxygen atoms in total. The Hall–Kier alpha value is -2.63. The molecule has 1 saturated heterocycles. The predicted octanol–water partition coefficient (Wildman–Crippen LogP) is 3.04. The monoisotopic (exact) mass is 381 g/mol. The van der Waals surface area contributed by atoms with E-state index in [2.05, 4.69) is 4.98 Å². The van der Waals surface area contributed by atoms with Crippen LogP contribution < -0.4 is 0 Å². The van der Waals surface area contributed by atoms with E-state index in [1.807, 2.05) is 34.1 Å². The van der Waals surface area contributed by atoms with Crippen molar-refractivity contribution in [1.82, 2.24) is 14.8 Å². The van der Waals surface area contributed by atoms with Crippen molar-refractivity contribution in [1.29, 1.82) is 0 Å². The molecule has 1 saturated carbocycles. The highest BCUT2D eigenvalue weighted by Gasteiger charge is 2.34. The molecule has 0 N–H and O–H groups in total. The van der Waals surface area contributed by atoms with Gasteiger partial charge in [0.1, 0.15) is 5.76 Å². The number of amides is 2. The molecule has 28 heavy (non-hydrogen) atoms. The first-order valence-electron chi connectivity index (χ1n) is 10.2. The van der Waals surface area contributed by atoms with Gasteiger partial charge in [0.2, 0.25) is 11.8 Å². The fourth-order valence-corrected chi connectivity index (χ4v) is 4.06. The Kier molecular flexibility index (Phi) is 5.74. The molecule has 0 radical (unpaired) electrons. The molecule has 0 unspecified atom stereocenters. The van der Waals surface area contributed by atoms with Gasteiger partial charge in [-0.3, -0.25) is 14.6 Å². The molecule has 148 valence electrons. The first-order chi connectivity index (χ1) is 13.7. The van der Waals surface area contributed by atoms with Gasteiger partial charge in [-0.05, 0) is 49.9 Å². The average molecular weight is 381 g/mol. The van der Waals surface area contributed by atoms with Crippen LogP contribution in [0.1, 0.15) is 43.6 Å². The van der Waals surface area contributed by atoms with Crippen LogP contribution in [-0.4, -0.2) is 45.7 Å². The van der Waals surface area contributed by atoms with Crippen molar-refractivity contribution < 1.29 is 14.0 Å². The minimum atomic E-state index is 0.0457. The standard InChI is InChI=1S/C22H27N3O3/c26-21(15-20-8-4-14-28-20)25(16-18-7-1-2-11-23-18)19-9-12-24(13-10-19)22(27)17-5-3-6-17/h1-2,4,7-8,11,14,17,19H,3,5-6,9-10,12-13,15-16H2. The lowest BCUT2D eigenvalue weighted by Crippen LogP contribution is -2.50. The van der Waals surface area contributed by atoms with Crippen molar-refractivity contribution in [2.45, 2.75) is 51.1 Å². The molecular formula is C22H27N3O3. The van der Waals surface area contributed by atoms with Gasteiger partial charge in [-0.15, -0.1) is 0 Å². The van der Waals surface area contributed by atoms with Gasteiger partial charge in [0.05, 0.1) is 24.9 Å². The summed E-state index contributed by atoms with van der Waals surface area (Å²) in [7, 11) is 0. The topological polar surface area (TPSA) is 66.7 Å². The summed E-state index contributed by atoms with van der Waals surface area (Å²) in [6, 6.07) is 9.52. The number of nitrogens with zero attached hydrogens (tertiary/aromatic N) is 3. The van der Waals surface area contributed by atoms with E-state index in [9.17, 15) is 9.59 Å². The Morgan fingerprint density at radius 1 is 1.11 bits per heavy atom. The first-order valence-corrected chi connectivity index (χ1v) is 10.2. The third kappa shape index (κ3) is 4.26. The highest BCUT2D eigenvalue weighted by Crippen LogP contribution is 2.30. The summed E-state index contributed by atoms with van der Waals surface area (Å²) in [6.45, 7) is 1.95. The highest BCUT2D eigenvalue weighted by molar-refractivity contribution is 5.80.